The molecule has 0 heteroatoms. The van der Waals surface area contributed by atoms with Gasteiger partial charge in [0.15, 0.2) is 0 Å². The van der Waals surface area contributed by atoms with Crippen LogP contribution < -0.4 is 0 Å². The Morgan fingerprint density at radius 2 is 0.330 bits per heavy atom. The van der Waals surface area contributed by atoms with Crippen molar-refractivity contribution in [1.29, 1.82) is 0 Å². The highest BCUT2D eigenvalue weighted by Crippen LogP contribution is 2.23. The van der Waals surface area contributed by atoms with Crippen LogP contribution in [-0.4, -0.2) is 0 Å². The van der Waals surface area contributed by atoms with Crippen LogP contribution in [0.5, 0.6) is 0 Å². The smallest absolute Gasteiger partial charge is 0.0178 e. The fourth-order valence-electron chi connectivity index (χ4n) is 7.27. The average molecular weight is 1180 g/mol. The van der Waals surface area contributed by atoms with Gasteiger partial charge in [0.25, 0.3) is 0 Å². The lowest BCUT2D eigenvalue weighted by Gasteiger charge is -2.07. The molecule has 0 heterocycles. The van der Waals surface area contributed by atoms with Crippen LogP contribution in [-0.2, 0) is 0 Å². The van der Waals surface area contributed by atoms with E-state index in [1.165, 1.54) is 99.1 Å². The predicted octanol–water partition coefficient (Wildman–Crippen LogP) is 28.9. The first-order chi connectivity index (χ1) is 42.7. The molecule has 11 rings (SSSR count). The zero-order chi connectivity index (χ0) is 68.1. The van der Waals surface area contributed by atoms with Crippen molar-refractivity contribution >= 4 is 32.3 Å². The molecule has 0 saturated heterocycles. The van der Waals surface area contributed by atoms with E-state index in [0.29, 0.717) is 0 Å². The summed E-state index contributed by atoms with van der Waals surface area (Å²) in [7, 11) is 0. The van der Waals surface area contributed by atoms with Gasteiger partial charge in [0.05, 0.1) is 0 Å². The molecule has 11 aromatic carbocycles. The second kappa shape index (κ2) is 62.3. The SMILES string of the molecule is CC.CC.CC.CC.CC.CC.CC.CC.Cc1cc2cc(C)c(C)cc2cc1C.Cc1ccc(C)cc1.Cc1ccc2ccccc2c1.Cc1cccc(C)c1.Cc1ccccc1.Cc1ccccc1C.c1ccc2ccccc2c1.c1ccccc1. The molecule has 0 aliphatic heterocycles. The van der Waals surface area contributed by atoms with Crippen LogP contribution in [0, 0.1) is 83.1 Å². The van der Waals surface area contributed by atoms with Crippen molar-refractivity contribution in [3.63, 3.8) is 0 Å². The first-order valence-corrected chi connectivity index (χ1v) is 33.2. The first kappa shape index (κ1) is 89.0. The normalized spacial score (nSPS) is 8.45. The maximum atomic E-state index is 2.27. The van der Waals surface area contributed by atoms with Crippen molar-refractivity contribution < 1.29 is 0 Å². The summed E-state index contributed by atoms with van der Waals surface area (Å²) in [5.74, 6) is 0. The van der Waals surface area contributed by atoms with Crippen molar-refractivity contribution in [1.82, 2.24) is 0 Å². The fraction of sp³-hybridized carbons (Fsp3) is 0.318. The lowest BCUT2D eigenvalue weighted by atomic mass is 9.98. The van der Waals surface area contributed by atoms with E-state index in [1.807, 2.05) is 165 Å². The Hall–Kier alpha value is -7.80. The highest BCUT2D eigenvalue weighted by Gasteiger charge is 2.00. The zero-order valence-electron chi connectivity index (χ0n) is 61.2. The van der Waals surface area contributed by atoms with Crippen LogP contribution in [0.15, 0.2) is 255 Å². The number of hydrogen-bond donors (Lipinski definition) is 0. The van der Waals surface area contributed by atoms with Crippen LogP contribution >= 0.6 is 0 Å². The van der Waals surface area contributed by atoms with Crippen molar-refractivity contribution in [3.05, 3.63) is 322 Å². The minimum atomic E-state index is 1.31. The third-order valence-corrected chi connectivity index (χ3v) is 12.1. The lowest BCUT2D eigenvalue weighted by Crippen LogP contribution is -1.85. The van der Waals surface area contributed by atoms with Crippen molar-refractivity contribution in [2.24, 2.45) is 0 Å². The van der Waals surface area contributed by atoms with Crippen LogP contribution in [0.2, 0.25) is 0 Å². The average Bonchev–Trinajstić information content (AvgIpc) is 2.54. The Morgan fingerprint density at radius 1 is 0.125 bits per heavy atom. The summed E-state index contributed by atoms with van der Waals surface area (Å²) in [4.78, 5) is 0. The summed E-state index contributed by atoms with van der Waals surface area (Å²) in [6, 6.07) is 88.3. The van der Waals surface area contributed by atoms with Gasteiger partial charge in [0, 0.05) is 0 Å². The van der Waals surface area contributed by atoms with E-state index in [4.69, 9.17) is 0 Å². The maximum Gasteiger partial charge on any atom is -0.0178 e. The molecule has 0 aliphatic carbocycles. The van der Waals surface area contributed by atoms with E-state index in [2.05, 4.69) is 283 Å². The monoisotopic (exact) mass is 1180 g/mol. The Bertz CT molecular complexity index is 2990. The van der Waals surface area contributed by atoms with Crippen LogP contribution in [0.3, 0.4) is 0 Å². The number of fused-ring (bicyclic) bond motifs is 3. The predicted molar refractivity (Wildman–Crippen MR) is 412 cm³/mol. The van der Waals surface area contributed by atoms with Gasteiger partial charge in [0.1, 0.15) is 0 Å². The Kier molecular flexibility index (Phi) is 62.9. The van der Waals surface area contributed by atoms with E-state index in [0.717, 1.165) is 0 Å². The minimum absolute atomic E-state index is 1.31. The minimum Gasteiger partial charge on any atom is -0.0683 e. The molecule has 88 heavy (non-hydrogen) atoms. The van der Waals surface area contributed by atoms with E-state index in [9.17, 15) is 0 Å². The Labute approximate surface area is 544 Å². The van der Waals surface area contributed by atoms with Gasteiger partial charge in [-0.2, -0.15) is 0 Å². The zero-order valence-corrected chi connectivity index (χ0v) is 61.2. The van der Waals surface area contributed by atoms with Gasteiger partial charge in [-0.25, -0.2) is 0 Å². The summed E-state index contributed by atoms with van der Waals surface area (Å²) < 4.78 is 0. The third kappa shape index (κ3) is 43.8. The van der Waals surface area contributed by atoms with E-state index < -0.39 is 0 Å². The summed E-state index contributed by atoms with van der Waals surface area (Å²) in [6.45, 7) is 57.5. The Morgan fingerprint density at radius 3 is 0.580 bits per heavy atom. The number of rotatable bonds is 0. The van der Waals surface area contributed by atoms with Gasteiger partial charge in [-0.05, 0) is 149 Å². The molecular weight excluding hydrogens is 1060 g/mol. The standard InChI is InChI=1S/C14H16.C11H10.C10H8.3C8H10.C7H8.C6H6.8C2H6/c1-9-5-13-7-11(3)12(4)8-14(13)6-10(9)2;1-9-6-7-10-4-2-3-5-11(10)8-9;1-2-6-10-8-4-3-7-9(10)5-1;1-7-3-5-8(2)6-4-7;1-7-4-3-5-8(2)6-7;1-7-5-3-4-6-8(7)2;1-7-5-3-2-4-6-7;1-2-4-6-5-3-1;8*1-2/h5-8H,1-4H3;2-8H,1H3;1-8H;3*3-6H,1-2H3;2-6H,1H3;1-6H;8*1-2H3. The molecule has 0 unspecified atom stereocenters. The van der Waals surface area contributed by atoms with Crippen LogP contribution in [0.1, 0.15) is 178 Å². The van der Waals surface area contributed by atoms with Gasteiger partial charge in [-0.15, -0.1) is 0 Å². The van der Waals surface area contributed by atoms with Crippen LogP contribution in [0.25, 0.3) is 32.3 Å². The molecule has 478 valence electrons. The summed E-state index contributed by atoms with van der Waals surface area (Å²) in [6.07, 6.45) is 0. The molecular formula is C88H126. The largest absolute Gasteiger partial charge is 0.0683 e. The van der Waals surface area contributed by atoms with E-state index >= 15 is 0 Å². The Balaban J connectivity index is -0.000000291. The number of hydrogen-bond acceptors (Lipinski definition) is 0. The van der Waals surface area contributed by atoms with Gasteiger partial charge in [-0.3, -0.25) is 0 Å². The lowest BCUT2D eigenvalue weighted by molar-refractivity contribution is 1.34. The van der Waals surface area contributed by atoms with Gasteiger partial charge < -0.3 is 0 Å². The second-order valence-corrected chi connectivity index (χ2v) is 18.6. The van der Waals surface area contributed by atoms with Crippen molar-refractivity contribution in [2.45, 2.75) is 194 Å². The third-order valence-electron chi connectivity index (χ3n) is 12.1. The van der Waals surface area contributed by atoms with E-state index in [1.54, 1.807) is 0 Å². The summed E-state index contributed by atoms with van der Waals surface area (Å²) >= 11 is 0. The molecule has 0 spiro atoms. The number of aryl methyl sites for hydroxylation is 12. The first-order valence-electron chi connectivity index (χ1n) is 33.2. The molecule has 0 radical (unpaired) electrons. The number of benzene rings is 11. The molecule has 0 atom stereocenters. The highest BCUT2D eigenvalue weighted by molar-refractivity contribution is 5.86. The molecule has 11 aromatic rings. The molecule has 0 aliphatic rings. The van der Waals surface area contributed by atoms with Gasteiger partial charge >= 0.3 is 0 Å². The second-order valence-electron chi connectivity index (χ2n) is 18.6. The molecule has 0 nitrogen and oxygen atoms in total. The van der Waals surface area contributed by atoms with Gasteiger partial charge in [0.2, 0.25) is 0 Å². The molecule has 0 N–H and O–H groups in total. The topological polar surface area (TPSA) is 0 Å². The molecule has 0 bridgehead atoms. The quantitative estimate of drug-likeness (QED) is 0.142. The maximum absolute atomic E-state index is 2.27. The molecule has 0 fully saturated rings. The molecule has 0 aromatic heterocycles. The molecule has 0 amide bonds. The van der Waals surface area contributed by atoms with Crippen molar-refractivity contribution in [3.8, 4) is 0 Å². The van der Waals surface area contributed by atoms with Crippen molar-refractivity contribution in [2.75, 3.05) is 0 Å². The fourth-order valence-corrected chi connectivity index (χ4v) is 7.27. The molecule has 0 saturated carbocycles. The van der Waals surface area contributed by atoms with E-state index in [-0.39, 0.29) is 0 Å². The van der Waals surface area contributed by atoms with Crippen LogP contribution in [0.4, 0.5) is 0 Å². The summed E-state index contributed by atoms with van der Waals surface area (Å²) in [5.41, 5.74) is 16.2. The summed E-state index contributed by atoms with van der Waals surface area (Å²) in [5, 5.41) is 7.98. The van der Waals surface area contributed by atoms with Gasteiger partial charge in [-0.1, -0.05) is 399 Å². The highest BCUT2D eigenvalue weighted by atomic mass is 14.1.